The van der Waals surface area contributed by atoms with Crippen LogP contribution in [0.1, 0.15) is 17.0 Å². The van der Waals surface area contributed by atoms with Crippen molar-refractivity contribution in [1.82, 2.24) is 15.6 Å². The summed E-state index contributed by atoms with van der Waals surface area (Å²) in [7, 11) is 1.75. The lowest BCUT2D eigenvalue weighted by Gasteiger charge is -2.10. The maximum atomic E-state index is 5.90. The highest BCUT2D eigenvalue weighted by Gasteiger charge is 2.10. The number of nitrogens with zero attached hydrogens (tertiary/aromatic N) is 2. The van der Waals surface area contributed by atoms with Crippen molar-refractivity contribution in [3.8, 4) is 0 Å². The maximum absolute atomic E-state index is 5.90. The van der Waals surface area contributed by atoms with Crippen molar-refractivity contribution in [2.24, 2.45) is 4.99 Å². The Balaban J connectivity index is 0.00000208. The first-order valence-electron chi connectivity index (χ1n) is 7.59. The summed E-state index contributed by atoms with van der Waals surface area (Å²) in [6.07, 6.45) is 1.78. The number of furan rings is 1. The third-order valence-electron chi connectivity index (χ3n) is 3.75. The number of para-hydroxylation sites is 1. The normalized spacial score (nSPS) is 11.2. The molecule has 24 heavy (non-hydrogen) atoms. The van der Waals surface area contributed by atoms with Crippen LogP contribution in [0.5, 0.6) is 0 Å². The van der Waals surface area contributed by atoms with E-state index in [1.165, 1.54) is 0 Å². The summed E-state index contributed by atoms with van der Waals surface area (Å²) in [5.74, 6) is 1.64. The van der Waals surface area contributed by atoms with Gasteiger partial charge in [-0.05, 0) is 25.1 Å². The van der Waals surface area contributed by atoms with Gasteiger partial charge >= 0.3 is 0 Å². The molecule has 0 atom stereocenters. The van der Waals surface area contributed by atoms with E-state index in [2.05, 4.69) is 33.6 Å². The quantitative estimate of drug-likeness (QED) is 0.373. The maximum Gasteiger partial charge on any atom is 0.191 e. The van der Waals surface area contributed by atoms with Crippen molar-refractivity contribution in [1.29, 1.82) is 0 Å². The Morgan fingerprint density at radius 2 is 1.83 bits per heavy atom. The van der Waals surface area contributed by atoms with Gasteiger partial charge in [0.2, 0.25) is 0 Å². The third-order valence-corrected chi connectivity index (χ3v) is 3.75. The van der Waals surface area contributed by atoms with E-state index in [1.54, 1.807) is 13.2 Å². The molecule has 0 aliphatic rings. The lowest BCUT2D eigenvalue weighted by atomic mass is 10.1. The van der Waals surface area contributed by atoms with Crippen molar-refractivity contribution in [2.75, 3.05) is 7.05 Å². The molecule has 6 heteroatoms. The van der Waals surface area contributed by atoms with Gasteiger partial charge in [-0.2, -0.15) is 0 Å². The van der Waals surface area contributed by atoms with E-state index in [0.717, 1.165) is 33.9 Å². The van der Waals surface area contributed by atoms with Crippen molar-refractivity contribution in [2.45, 2.75) is 20.0 Å². The van der Waals surface area contributed by atoms with Crippen LogP contribution in [0.25, 0.3) is 11.0 Å². The lowest BCUT2D eigenvalue weighted by molar-refractivity contribution is 0.534. The second kappa shape index (κ2) is 8.68. The molecule has 1 aromatic carbocycles. The summed E-state index contributed by atoms with van der Waals surface area (Å²) >= 11 is 0. The molecule has 2 aromatic heterocycles. The number of rotatable bonds is 4. The van der Waals surface area contributed by atoms with Gasteiger partial charge in [-0.1, -0.05) is 24.3 Å². The molecule has 0 spiro atoms. The van der Waals surface area contributed by atoms with E-state index >= 15 is 0 Å². The summed E-state index contributed by atoms with van der Waals surface area (Å²) in [4.78, 5) is 8.51. The monoisotopic (exact) mass is 436 g/mol. The standard InChI is InChI=1S/C18H20N4O.HI/c1-13-15-8-3-4-9-16(15)23-17(13)12-22-18(19-2)21-11-14-7-5-6-10-20-14;/h3-10H,11-12H2,1-2H3,(H2,19,21,22);1H. The number of aliphatic imine (C=N–C) groups is 1. The summed E-state index contributed by atoms with van der Waals surface area (Å²) in [5.41, 5.74) is 3.04. The lowest BCUT2D eigenvalue weighted by Crippen LogP contribution is -2.36. The second-order valence-electron chi connectivity index (χ2n) is 5.25. The van der Waals surface area contributed by atoms with Crippen molar-refractivity contribution >= 4 is 40.9 Å². The van der Waals surface area contributed by atoms with Gasteiger partial charge < -0.3 is 15.1 Å². The van der Waals surface area contributed by atoms with Gasteiger partial charge in [0, 0.05) is 24.2 Å². The van der Waals surface area contributed by atoms with E-state index in [9.17, 15) is 0 Å². The molecular formula is C18H21IN4O. The van der Waals surface area contributed by atoms with Gasteiger partial charge in [0.1, 0.15) is 11.3 Å². The number of halogens is 1. The molecule has 2 N–H and O–H groups in total. The van der Waals surface area contributed by atoms with Crippen molar-refractivity contribution in [3.05, 3.63) is 65.7 Å². The molecule has 0 bridgehead atoms. The molecule has 126 valence electrons. The molecule has 0 radical (unpaired) electrons. The highest BCUT2D eigenvalue weighted by molar-refractivity contribution is 14.0. The molecule has 0 saturated carbocycles. The topological polar surface area (TPSA) is 62.5 Å². The Hall–Kier alpha value is -2.09. The molecular weight excluding hydrogens is 415 g/mol. The van der Waals surface area contributed by atoms with Crippen LogP contribution in [0.2, 0.25) is 0 Å². The average Bonchev–Trinajstić information content (AvgIpc) is 2.92. The van der Waals surface area contributed by atoms with Crippen LogP contribution in [0.4, 0.5) is 0 Å². The minimum atomic E-state index is 0. The van der Waals surface area contributed by atoms with Crippen LogP contribution in [0.15, 0.2) is 58.1 Å². The minimum absolute atomic E-state index is 0. The van der Waals surface area contributed by atoms with Crippen LogP contribution in [0.3, 0.4) is 0 Å². The largest absolute Gasteiger partial charge is 0.459 e. The van der Waals surface area contributed by atoms with Gasteiger partial charge in [-0.15, -0.1) is 24.0 Å². The van der Waals surface area contributed by atoms with Crippen molar-refractivity contribution in [3.63, 3.8) is 0 Å². The molecule has 2 heterocycles. The van der Waals surface area contributed by atoms with Gasteiger partial charge in [-0.3, -0.25) is 9.98 Å². The Morgan fingerprint density at radius 1 is 1.08 bits per heavy atom. The molecule has 0 amide bonds. The molecule has 0 unspecified atom stereocenters. The molecule has 0 fully saturated rings. The Morgan fingerprint density at radius 3 is 2.54 bits per heavy atom. The Kier molecular flexibility index (Phi) is 6.60. The van der Waals surface area contributed by atoms with Gasteiger partial charge in [-0.25, -0.2) is 0 Å². The first kappa shape index (κ1) is 18.3. The predicted molar refractivity (Wildman–Crippen MR) is 108 cm³/mol. The fourth-order valence-electron chi connectivity index (χ4n) is 2.46. The van der Waals surface area contributed by atoms with Crippen molar-refractivity contribution < 1.29 is 4.42 Å². The minimum Gasteiger partial charge on any atom is -0.459 e. The SMILES string of the molecule is CN=C(NCc1ccccn1)NCc1oc2ccccc2c1C.I. The number of nitrogens with one attached hydrogen (secondary N) is 2. The van der Waals surface area contributed by atoms with E-state index in [0.29, 0.717) is 13.1 Å². The second-order valence-corrected chi connectivity index (χ2v) is 5.25. The zero-order valence-electron chi connectivity index (χ0n) is 13.7. The van der Waals surface area contributed by atoms with Crippen LogP contribution < -0.4 is 10.6 Å². The number of aromatic nitrogens is 1. The van der Waals surface area contributed by atoms with E-state index < -0.39 is 0 Å². The number of hydrogen-bond donors (Lipinski definition) is 2. The van der Waals surface area contributed by atoms with Gasteiger partial charge in [0.05, 0.1) is 18.8 Å². The molecule has 0 saturated heterocycles. The highest BCUT2D eigenvalue weighted by atomic mass is 127. The zero-order chi connectivity index (χ0) is 16.1. The number of pyridine rings is 1. The van der Waals surface area contributed by atoms with Crippen LogP contribution in [0, 0.1) is 6.92 Å². The average molecular weight is 436 g/mol. The van der Waals surface area contributed by atoms with Gasteiger partial charge in [0.25, 0.3) is 0 Å². The predicted octanol–water partition coefficient (Wildman–Crippen LogP) is 3.62. The molecule has 3 aromatic rings. The molecule has 5 nitrogen and oxygen atoms in total. The Labute approximate surface area is 158 Å². The molecule has 3 rings (SSSR count). The summed E-state index contributed by atoms with van der Waals surface area (Å²) in [6.45, 7) is 3.29. The Bertz CT molecular complexity index is 814. The number of hydrogen-bond acceptors (Lipinski definition) is 3. The smallest absolute Gasteiger partial charge is 0.191 e. The number of aryl methyl sites for hydroxylation is 1. The van der Waals surface area contributed by atoms with E-state index in [4.69, 9.17) is 4.42 Å². The molecule has 0 aliphatic carbocycles. The van der Waals surface area contributed by atoms with Gasteiger partial charge in [0.15, 0.2) is 5.96 Å². The third kappa shape index (κ3) is 4.25. The zero-order valence-corrected chi connectivity index (χ0v) is 16.1. The number of fused-ring (bicyclic) bond motifs is 1. The van der Waals surface area contributed by atoms with E-state index in [1.807, 2.05) is 36.4 Å². The van der Waals surface area contributed by atoms with Crippen LogP contribution in [-0.2, 0) is 13.1 Å². The first-order chi connectivity index (χ1) is 11.3. The fraction of sp³-hybridized carbons (Fsp3) is 0.222. The molecule has 0 aliphatic heterocycles. The number of guanidine groups is 1. The van der Waals surface area contributed by atoms with E-state index in [-0.39, 0.29) is 24.0 Å². The summed E-state index contributed by atoms with van der Waals surface area (Å²) < 4.78 is 5.90. The van der Waals surface area contributed by atoms with Crippen LogP contribution >= 0.6 is 24.0 Å². The number of benzene rings is 1. The summed E-state index contributed by atoms with van der Waals surface area (Å²) in [5, 5.41) is 7.67. The van der Waals surface area contributed by atoms with Crippen LogP contribution in [-0.4, -0.2) is 18.0 Å². The highest BCUT2D eigenvalue weighted by Crippen LogP contribution is 2.24. The fourth-order valence-corrected chi connectivity index (χ4v) is 2.46. The first-order valence-corrected chi connectivity index (χ1v) is 7.59. The summed E-state index contributed by atoms with van der Waals surface area (Å²) in [6, 6.07) is 13.9.